The molecule has 30 heavy (non-hydrogen) atoms. The van der Waals surface area contributed by atoms with Crippen LogP contribution in [0.25, 0.3) is 11.3 Å². The number of nitrogens with zero attached hydrogens (tertiary/aromatic N) is 2. The summed E-state index contributed by atoms with van der Waals surface area (Å²) in [7, 11) is 4.27. The molecule has 0 fully saturated rings. The number of hydrogen-bond acceptors (Lipinski definition) is 7. The molecule has 0 saturated heterocycles. The van der Waals surface area contributed by atoms with Crippen LogP contribution in [0.15, 0.2) is 40.9 Å². The first-order chi connectivity index (χ1) is 14.4. The fourth-order valence-corrected chi connectivity index (χ4v) is 3.53. The average molecular weight is 409 g/mol. The van der Waals surface area contributed by atoms with Crippen LogP contribution < -0.4 is 5.32 Å². The Morgan fingerprint density at radius 2 is 1.80 bits per heavy atom. The maximum atomic E-state index is 12.1. The van der Waals surface area contributed by atoms with Crippen LogP contribution in [0.3, 0.4) is 0 Å². The largest absolute Gasteiger partial charge is 0.465 e. The van der Waals surface area contributed by atoms with Gasteiger partial charge in [0.15, 0.2) is 0 Å². The Kier molecular flexibility index (Phi) is 4.86. The molecule has 0 bridgehead atoms. The highest BCUT2D eigenvalue weighted by Crippen LogP contribution is 2.39. The first-order valence-corrected chi connectivity index (χ1v) is 9.14. The molecule has 1 atom stereocenters. The van der Waals surface area contributed by atoms with E-state index in [0.29, 0.717) is 22.9 Å². The molecule has 1 amide bonds. The summed E-state index contributed by atoms with van der Waals surface area (Å²) in [6.07, 6.45) is 1.93. The number of anilines is 1. The molecule has 9 nitrogen and oxygen atoms in total. The molecular weight excluding hydrogens is 390 g/mol. The van der Waals surface area contributed by atoms with Gasteiger partial charge in [0.1, 0.15) is 17.3 Å². The van der Waals surface area contributed by atoms with Crippen LogP contribution >= 0.6 is 0 Å². The van der Waals surface area contributed by atoms with E-state index in [4.69, 9.17) is 13.9 Å². The summed E-state index contributed by atoms with van der Waals surface area (Å²) in [5, 5.41) is 7.03. The minimum absolute atomic E-state index is 0.130. The van der Waals surface area contributed by atoms with Gasteiger partial charge in [-0.05, 0) is 30.3 Å². The highest BCUT2D eigenvalue weighted by molar-refractivity contribution is 5.97. The third kappa shape index (κ3) is 3.34. The van der Waals surface area contributed by atoms with Crippen molar-refractivity contribution in [1.29, 1.82) is 0 Å². The number of methoxy groups -OCH3 is 2. The van der Waals surface area contributed by atoms with Crippen LogP contribution in [0.1, 0.15) is 44.4 Å². The average Bonchev–Trinajstić information content (AvgIpc) is 3.39. The van der Waals surface area contributed by atoms with Crippen LogP contribution in [-0.4, -0.2) is 41.8 Å². The van der Waals surface area contributed by atoms with E-state index in [1.54, 1.807) is 42.2 Å². The van der Waals surface area contributed by atoms with E-state index >= 15 is 0 Å². The quantitative estimate of drug-likeness (QED) is 0.659. The van der Waals surface area contributed by atoms with Gasteiger partial charge in [-0.25, -0.2) is 9.59 Å². The lowest BCUT2D eigenvalue weighted by Gasteiger charge is -2.21. The zero-order chi connectivity index (χ0) is 21.4. The Labute approximate surface area is 171 Å². The Morgan fingerprint density at radius 3 is 2.43 bits per heavy atom. The number of esters is 2. The zero-order valence-corrected chi connectivity index (χ0v) is 16.6. The van der Waals surface area contributed by atoms with Crippen LogP contribution in [-0.2, 0) is 21.3 Å². The van der Waals surface area contributed by atoms with Crippen LogP contribution in [0.4, 0.5) is 5.82 Å². The number of ether oxygens (including phenoxy) is 2. The normalized spacial score (nSPS) is 15.3. The fourth-order valence-electron chi connectivity index (χ4n) is 3.53. The predicted molar refractivity (Wildman–Crippen MR) is 105 cm³/mol. The molecule has 1 N–H and O–H groups in total. The molecule has 0 aliphatic carbocycles. The van der Waals surface area contributed by atoms with Crippen molar-refractivity contribution in [3.05, 3.63) is 59.0 Å². The van der Waals surface area contributed by atoms with Crippen molar-refractivity contribution in [1.82, 2.24) is 9.78 Å². The van der Waals surface area contributed by atoms with E-state index in [-0.39, 0.29) is 29.4 Å². The van der Waals surface area contributed by atoms with E-state index in [0.717, 1.165) is 5.56 Å². The lowest BCUT2D eigenvalue weighted by Crippen LogP contribution is -2.24. The van der Waals surface area contributed by atoms with Crippen molar-refractivity contribution in [2.45, 2.75) is 12.3 Å². The second kappa shape index (κ2) is 7.51. The molecule has 0 saturated carbocycles. The van der Waals surface area contributed by atoms with Crippen LogP contribution in [0, 0.1) is 0 Å². The van der Waals surface area contributed by atoms with Gasteiger partial charge >= 0.3 is 11.9 Å². The van der Waals surface area contributed by atoms with E-state index < -0.39 is 11.9 Å². The number of rotatable bonds is 4. The number of benzene rings is 1. The molecule has 3 aromatic rings. The Hall–Kier alpha value is -3.88. The molecule has 1 aliphatic heterocycles. The van der Waals surface area contributed by atoms with E-state index in [1.807, 2.05) is 0 Å². The SMILES string of the molecule is COC(=O)c1cc(C(=O)OC)cc(-c2ccc(C3CC(=O)Nc4c3cnn4C)o2)c1. The first-order valence-electron chi connectivity index (χ1n) is 9.14. The summed E-state index contributed by atoms with van der Waals surface area (Å²) in [6, 6.07) is 8.06. The minimum Gasteiger partial charge on any atom is -0.465 e. The van der Waals surface area contributed by atoms with Gasteiger partial charge in [-0.3, -0.25) is 9.48 Å². The van der Waals surface area contributed by atoms with Gasteiger partial charge in [0, 0.05) is 24.6 Å². The molecule has 4 rings (SSSR count). The Bertz CT molecular complexity index is 1130. The fraction of sp³-hybridized carbons (Fsp3) is 0.238. The number of aromatic nitrogens is 2. The van der Waals surface area contributed by atoms with Gasteiger partial charge < -0.3 is 19.2 Å². The monoisotopic (exact) mass is 409 g/mol. The van der Waals surface area contributed by atoms with Crippen molar-refractivity contribution >= 4 is 23.7 Å². The Morgan fingerprint density at radius 1 is 1.13 bits per heavy atom. The van der Waals surface area contributed by atoms with Gasteiger partial charge in [0.2, 0.25) is 5.91 Å². The maximum absolute atomic E-state index is 12.1. The summed E-state index contributed by atoms with van der Waals surface area (Å²) in [6.45, 7) is 0. The van der Waals surface area contributed by atoms with Crippen molar-refractivity contribution in [3.63, 3.8) is 0 Å². The van der Waals surface area contributed by atoms with Crippen molar-refractivity contribution in [3.8, 4) is 11.3 Å². The second-order valence-corrected chi connectivity index (χ2v) is 6.86. The summed E-state index contributed by atoms with van der Waals surface area (Å²) in [4.78, 5) is 36.2. The standard InChI is InChI=1S/C21H19N3O6/c1-24-19-15(10-22-24)14(9-18(25)23-19)17-5-4-16(30-17)11-6-12(20(26)28-2)8-13(7-11)21(27)29-3/h4-8,10,14H,9H2,1-3H3,(H,23,25). The molecule has 1 unspecified atom stereocenters. The molecular formula is C21H19N3O6. The maximum Gasteiger partial charge on any atom is 0.337 e. The summed E-state index contributed by atoms with van der Waals surface area (Å²) in [5.74, 6) is 0.0645. The molecule has 0 radical (unpaired) electrons. The van der Waals surface area contributed by atoms with Gasteiger partial charge in [0.25, 0.3) is 0 Å². The third-order valence-corrected chi connectivity index (χ3v) is 5.02. The molecule has 0 spiro atoms. The molecule has 9 heteroatoms. The molecule has 1 aromatic carbocycles. The van der Waals surface area contributed by atoms with E-state index in [1.165, 1.54) is 20.3 Å². The number of hydrogen-bond donors (Lipinski definition) is 1. The summed E-state index contributed by atoms with van der Waals surface area (Å²) in [5.41, 5.74) is 1.76. The van der Waals surface area contributed by atoms with Gasteiger partial charge in [-0.2, -0.15) is 5.10 Å². The minimum atomic E-state index is -0.585. The number of aryl methyl sites for hydroxylation is 1. The second-order valence-electron chi connectivity index (χ2n) is 6.86. The number of furan rings is 1. The zero-order valence-electron chi connectivity index (χ0n) is 16.6. The van der Waals surface area contributed by atoms with Gasteiger partial charge in [0.05, 0.1) is 37.5 Å². The molecule has 2 aromatic heterocycles. The summed E-state index contributed by atoms with van der Waals surface area (Å²) >= 11 is 0. The van der Waals surface area contributed by atoms with Crippen molar-refractivity contribution < 1.29 is 28.3 Å². The van der Waals surface area contributed by atoms with Gasteiger partial charge in [-0.1, -0.05) is 0 Å². The van der Waals surface area contributed by atoms with Crippen LogP contribution in [0.2, 0.25) is 0 Å². The number of carbonyl (C=O) groups excluding carboxylic acids is 3. The van der Waals surface area contributed by atoms with Crippen molar-refractivity contribution in [2.75, 3.05) is 19.5 Å². The highest BCUT2D eigenvalue weighted by Gasteiger charge is 2.31. The number of fused-ring (bicyclic) bond motifs is 1. The lowest BCUT2D eigenvalue weighted by atomic mass is 9.92. The van der Waals surface area contributed by atoms with E-state index in [2.05, 4.69) is 10.4 Å². The third-order valence-electron chi connectivity index (χ3n) is 5.02. The molecule has 1 aliphatic rings. The number of carbonyl (C=O) groups is 3. The smallest absolute Gasteiger partial charge is 0.337 e. The molecule has 3 heterocycles. The Balaban J connectivity index is 1.75. The number of nitrogens with one attached hydrogen (secondary N) is 1. The highest BCUT2D eigenvalue weighted by atomic mass is 16.5. The lowest BCUT2D eigenvalue weighted by molar-refractivity contribution is -0.116. The van der Waals surface area contributed by atoms with E-state index in [9.17, 15) is 14.4 Å². The first kappa shape index (κ1) is 19.4. The van der Waals surface area contributed by atoms with Gasteiger partial charge in [-0.15, -0.1) is 0 Å². The predicted octanol–water partition coefficient (Wildman–Crippen LogP) is 2.73. The number of amides is 1. The van der Waals surface area contributed by atoms with Crippen molar-refractivity contribution in [2.24, 2.45) is 7.05 Å². The van der Waals surface area contributed by atoms with Crippen LogP contribution in [0.5, 0.6) is 0 Å². The topological polar surface area (TPSA) is 113 Å². The molecule has 154 valence electrons. The summed E-state index contributed by atoms with van der Waals surface area (Å²) < 4.78 is 17.2.